The molecule has 0 saturated heterocycles. The van der Waals surface area contributed by atoms with Gasteiger partial charge in [-0.2, -0.15) is 0 Å². The number of aldehydes is 1. The summed E-state index contributed by atoms with van der Waals surface area (Å²) in [5.41, 5.74) is 0. The fourth-order valence-electron chi connectivity index (χ4n) is 1.97. The second kappa shape index (κ2) is 17.2. The SMILES string of the molecule is COCOC=CCCCCCCCCCCCC=O. The van der Waals surface area contributed by atoms with Gasteiger partial charge >= 0.3 is 0 Å². The molecule has 0 heterocycles. The van der Waals surface area contributed by atoms with Crippen LogP contribution in [0.15, 0.2) is 12.3 Å². The molecule has 112 valence electrons. The Bertz CT molecular complexity index is 202. The highest BCUT2D eigenvalue weighted by molar-refractivity contribution is 5.48. The van der Waals surface area contributed by atoms with Crippen molar-refractivity contribution in [2.45, 2.75) is 70.6 Å². The van der Waals surface area contributed by atoms with Crippen molar-refractivity contribution in [1.82, 2.24) is 0 Å². The van der Waals surface area contributed by atoms with Crippen LogP contribution in [-0.2, 0) is 14.3 Å². The predicted octanol–water partition coefficient (Wildman–Crippen LogP) is 4.61. The highest BCUT2D eigenvalue weighted by atomic mass is 16.7. The van der Waals surface area contributed by atoms with Gasteiger partial charge in [0.1, 0.15) is 6.29 Å². The Morgan fingerprint density at radius 2 is 1.32 bits per heavy atom. The van der Waals surface area contributed by atoms with Gasteiger partial charge < -0.3 is 14.3 Å². The molecule has 0 N–H and O–H groups in total. The highest BCUT2D eigenvalue weighted by Gasteiger charge is 1.92. The van der Waals surface area contributed by atoms with Gasteiger partial charge in [-0.05, 0) is 25.3 Å². The molecule has 3 heteroatoms. The van der Waals surface area contributed by atoms with Crippen LogP contribution in [-0.4, -0.2) is 20.2 Å². The standard InChI is InChI=1S/C16H30O3/c1-18-16-19-15-13-11-9-7-5-3-2-4-6-8-10-12-14-17/h13-15H,2-12,16H2,1H3. The van der Waals surface area contributed by atoms with Crippen LogP contribution < -0.4 is 0 Å². The first kappa shape index (κ1) is 18.2. The van der Waals surface area contributed by atoms with Crippen molar-refractivity contribution in [3.05, 3.63) is 12.3 Å². The van der Waals surface area contributed by atoms with Gasteiger partial charge in [-0.25, -0.2) is 0 Å². The summed E-state index contributed by atoms with van der Waals surface area (Å²) in [7, 11) is 1.62. The van der Waals surface area contributed by atoms with Crippen molar-refractivity contribution in [2.75, 3.05) is 13.9 Å². The third kappa shape index (κ3) is 17.2. The molecule has 0 aromatic heterocycles. The van der Waals surface area contributed by atoms with Crippen molar-refractivity contribution >= 4 is 6.29 Å². The summed E-state index contributed by atoms with van der Waals surface area (Å²) in [5.74, 6) is 0. The van der Waals surface area contributed by atoms with Crippen LogP contribution in [0.5, 0.6) is 0 Å². The lowest BCUT2D eigenvalue weighted by Crippen LogP contribution is -1.87. The van der Waals surface area contributed by atoms with Gasteiger partial charge in [0, 0.05) is 13.5 Å². The molecule has 0 rings (SSSR count). The van der Waals surface area contributed by atoms with Gasteiger partial charge in [-0.15, -0.1) is 0 Å². The Kier molecular flexibility index (Phi) is 16.4. The summed E-state index contributed by atoms with van der Waals surface area (Å²) in [5, 5.41) is 0. The Balaban J connectivity index is 2.98. The Hall–Kier alpha value is -0.830. The third-order valence-corrected chi connectivity index (χ3v) is 3.07. The quantitative estimate of drug-likeness (QED) is 0.189. The van der Waals surface area contributed by atoms with Gasteiger partial charge in [0.05, 0.1) is 6.26 Å². The number of unbranched alkanes of at least 4 members (excludes halogenated alkanes) is 10. The summed E-state index contributed by atoms with van der Waals surface area (Å²) < 4.78 is 9.82. The third-order valence-electron chi connectivity index (χ3n) is 3.07. The van der Waals surface area contributed by atoms with Crippen molar-refractivity contribution in [2.24, 2.45) is 0 Å². The van der Waals surface area contributed by atoms with Crippen LogP contribution in [0.25, 0.3) is 0 Å². The van der Waals surface area contributed by atoms with Gasteiger partial charge in [-0.3, -0.25) is 0 Å². The maximum atomic E-state index is 10.1. The van der Waals surface area contributed by atoms with E-state index in [4.69, 9.17) is 9.47 Å². The van der Waals surface area contributed by atoms with Gasteiger partial charge in [0.25, 0.3) is 0 Å². The predicted molar refractivity (Wildman–Crippen MR) is 79.0 cm³/mol. The van der Waals surface area contributed by atoms with Crippen molar-refractivity contribution in [3.63, 3.8) is 0 Å². The molecule has 0 aromatic carbocycles. The minimum Gasteiger partial charge on any atom is -0.476 e. The summed E-state index contributed by atoms with van der Waals surface area (Å²) in [6, 6.07) is 0. The first-order chi connectivity index (χ1) is 9.41. The molecule has 0 fully saturated rings. The summed E-state index contributed by atoms with van der Waals surface area (Å²) in [6.45, 7) is 0.337. The molecule has 0 radical (unpaired) electrons. The Morgan fingerprint density at radius 3 is 1.84 bits per heavy atom. The fraction of sp³-hybridized carbons (Fsp3) is 0.812. The monoisotopic (exact) mass is 270 g/mol. The van der Waals surface area contributed by atoms with E-state index in [2.05, 4.69) is 6.08 Å². The first-order valence-corrected chi connectivity index (χ1v) is 7.61. The lowest BCUT2D eigenvalue weighted by molar-refractivity contribution is -0.107. The normalized spacial score (nSPS) is 11.0. The van der Waals surface area contributed by atoms with Crippen LogP contribution in [0, 0.1) is 0 Å². The average molecular weight is 270 g/mol. The molecule has 0 unspecified atom stereocenters. The Morgan fingerprint density at radius 1 is 0.789 bits per heavy atom. The van der Waals surface area contributed by atoms with Crippen molar-refractivity contribution in [3.8, 4) is 0 Å². The van der Waals surface area contributed by atoms with Crippen LogP contribution in [0.1, 0.15) is 70.6 Å². The number of ether oxygens (including phenoxy) is 2. The molecular weight excluding hydrogens is 240 g/mol. The van der Waals surface area contributed by atoms with Crippen LogP contribution in [0.2, 0.25) is 0 Å². The minimum absolute atomic E-state index is 0.337. The van der Waals surface area contributed by atoms with E-state index in [9.17, 15) is 4.79 Å². The first-order valence-electron chi connectivity index (χ1n) is 7.61. The zero-order valence-electron chi connectivity index (χ0n) is 12.4. The molecule has 0 aliphatic carbocycles. The van der Waals surface area contributed by atoms with E-state index < -0.39 is 0 Å². The number of hydrogen-bond acceptors (Lipinski definition) is 3. The van der Waals surface area contributed by atoms with E-state index in [-0.39, 0.29) is 0 Å². The molecule has 0 aliphatic heterocycles. The van der Waals surface area contributed by atoms with Crippen molar-refractivity contribution < 1.29 is 14.3 Å². The summed E-state index contributed by atoms with van der Waals surface area (Å²) in [6.07, 6.45) is 18.1. The molecule has 0 aliphatic rings. The maximum absolute atomic E-state index is 10.1. The molecular formula is C16H30O3. The smallest absolute Gasteiger partial charge is 0.187 e. The second-order valence-electron chi connectivity index (χ2n) is 4.87. The van der Waals surface area contributed by atoms with E-state index in [1.807, 2.05) is 0 Å². The topological polar surface area (TPSA) is 35.5 Å². The second-order valence-corrected chi connectivity index (χ2v) is 4.87. The van der Waals surface area contributed by atoms with Gasteiger partial charge in [0.15, 0.2) is 6.79 Å². The molecule has 0 atom stereocenters. The number of rotatable bonds is 15. The summed E-state index contributed by atoms with van der Waals surface area (Å²) in [4.78, 5) is 10.1. The molecule has 0 aromatic rings. The van der Waals surface area contributed by atoms with E-state index >= 15 is 0 Å². The van der Waals surface area contributed by atoms with Crippen LogP contribution in [0.3, 0.4) is 0 Å². The summed E-state index contributed by atoms with van der Waals surface area (Å²) >= 11 is 0. The molecule has 3 nitrogen and oxygen atoms in total. The Labute approximate surface area is 118 Å². The van der Waals surface area contributed by atoms with E-state index in [0.717, 1.165) is 25.5 Å². The number of carbonyl (C=O) groups excluding carboxylic acids is 1. The van der Waals surface area contributed by atoms with E-state index in [0.29, 0.717) is 6.79 Å². The van der Waals surface area contributed by atoms with Crippen molar-refractivity contribution in [1.29, 1.82) is 0 Å². The maximum Gasteiger partial charge on any atom is 0.187 e. The highest BCUT2D eigenvalue weighted by Crippen LogP contribution is 2.11. The molecule has 0 spiro atoms. The molecule has 19 heavy (non-hydrogen) atoms. The molecule has 0 amide bonds. The van der Waals surface area contributed by atoms with Crippen LogP contribution in [0.4, 0.5) is 0 Å². The minimum atomic E-state index is 0.337. The van der Waals surface area contributed by atoms with Gasteiger partial charge in [-0.1, -0.05) is 44.9 Å². The number of hydrogen-bond donors (Lipinski definition) is 0. The fourth-order valence-corrected chi connectivity index (χ4v) is 1.97. The average Bonchev–Trinajstić information content (AvgIpc) is 2.43. The number of allylic oxidation sites excluding steroid dienone is 1. The number of carbonyl (C=O) groups is 1. The zero-order chi connectivity index (χ0) is 14.0. The number of methoxy groups -OCH3 is 1. The zero-order valence-corrected chi connectivity index (χ0v) is 12.4. The molecule has 0 saturated carbocycles. The van der Waals surface area contributed by atoms with E-state index in [1.54, 1.807) is 13.4 Å². The lowest BCUT2D eigenvalue weighted by Gasteiger charge is -2.01. The van der Waals surface area contributed by atoms with Crippen LogP contribution >= 0.6 is 0 Å². The van der Waals surface area contributed by atoms with E-state index in [1.165, 1.54) is 51.4 Å². The lowest BCUT2D eigenvalue weighted by atomic mass is 10.1. The van der Waals surface area contributed by atoms with Gasteiger partial charge in [0.2, 0.25) is 0 Å². The largest absolute Gasteiger partial charge is 0.476 e. The molecule has 0 bridgehead atoms.